The molecular weight excluding hydrogens is 407 g/mol. The van der Waals surface area contributed by atoms with Crippen LogP contribution in [-0.2, 0) is 4.79 Å². The maximum absolute atomic E-state index is 13.9. The summed E-state index contributed by atoms with van der Waals surface area (Å²) in [6.07, 6.45) is 2.96. The largest absolute Gasteiger partial charge is 0.497 e. The fraction of sp³-hybridized carbons (Fsp3) is 0.480. The molecular formula is C25H29FN4O2. The molecule has 1 spiro atoms. The van der Waals surface area contributed by atoms with Gasteiger partial charge in [-0.3, -0.25) is 15.1 Å². The maximum Gasteiger partial charge on any atom is 0.247 e. The molecule has 0 aliphatic carbocycles. The number of carbonyl (C=O) groups is 1. The fourth-order valence-electron chi connectivity index (χ4n) is 6.85. The smallest absolute Gasteiger partial charge is 0.247 e. The molecule has 4 heterocycles. The van der Waals surface area contributed by atoms with E-state index in [9.17, 15) is 9.18 Å². The molecule has 0 saturated carbocycles. The van der Waals surface area contributed by atoms with Crippen molar-refractivity contribution in [3.63, 3.8) is 0 Å². The number of hydrogen-bond donors (Lipinski definition) is 2. The summed E-state index contributed by atoms with van der Waals surface area (Å²) in [4.78, 5) is 18.4. The zero-order valence-corrected chi connectivity index (χ0v) is 18.3. The van der Waals surface area contributed by atoms with E-state index < -0.39 is 5.54 Å². The van der Waals surface area contributed by atoms with Crippen LogP contribution < -0.4 is 20.5 Å². The van der Waals surface area contributed by atoms with Crippen molar-refractivity contribution in [3.05, 3.63) is 59.9 Å². The molecule has 4 saturated heterocycles. The van der Waals surface area contributed by atoms with Crippen LogP contribution in [0.1, 0.15) is 30.9 Å². The first kappa shape index (κ1) is 20.1. The van der Waals surface area contributed by atoms with Gasteiger partial charge in [-0.05, 0) is 55.6 Å². The topological polar surface area (TPSA) is 56.8 Å². The highest BCUT2D eigenvalue weighted by molar-refractivity contribution is 6.04. The lowest BCUT2D eigenvalue weighted by atomic mass is 9.83. The van der Waals surface area contributed by atoms with E-state index in [4.69, 9.17) is 4.74 Å². The number of benzene rings is 2. The van der Waals surface area contributed by atoms with E-state index in [-0.39, 0.29) is 23.7 Å². The van der Waals surface area contributed by atoms with Gasteiger partial charge in [0.15, 0.2) is 0 Å². The Hall–Kier alpha value is -2.48. The number of anilines is 1. The number of methoxy groups -OCH3 is 1. The van der Waals surface area contributed by atoms with Crippen molar-refractivity contribution in [2.24, 2.45) is 11.8 Å². The van der Waals surface area contributed by atoms with Gasteiger partial charge in [0.05, 0.1) is 13.2 Å². The molecule has 4 aliphatic heterocycles. The molecule has 2 N–H and O–H groups in total. The second-order valence-corrected chi connectivity index (χ2v) is 9.56. The predicted octanol–water partition coefficient (Wildman–Crippen LogP) is 2.87. The van der Waals surface area contributed by atoms with Crippen molar-refractivity contribution < 1.29 is 13.9 Å². The summed E-state index contributed by atoms with van der Waals surface area (Å²) >= 11 is 0. The summed E-state index contributed by atoms with van der Waals surface area (Å²) < 4.78 is 19.3. The Labute approximate surface area is 187 Å². The molecule has 2 aromatic rings. The Morgan fingerprint density at radius 3 is 2.91 bits per heavy atom. The lowest BCUT2D eigenvalue weighted by Crippen LogP contribution is -2.53. The molecule has 6 rings (SSSR count). The zero-order chi connectivity index (χ0) is 21.9. The molecule has 4 aliphatic rings. The van der Waals surface area contributed by atoms with E-state index >= 15 is 0 Å². The summed E-state index contributed by atoms with van der Waals surface area (Å²) in [5, 5.41) is 0. The van der Waals surface area contributed by atoms with E-state index in [1.165, 1.54) is 6.07 Å². The second kappa shape index (κ2) is 7.54. The molecule has 2 aromatic carbocycles. The third kappa shape index (κ3) is 2.84. The molecule has 32 heavy (non-hydrogen) atoms. The number of halogens is 1. The molecule has 7 heteroatoms. The van der Waals surface area contributed by atoms with Crippen LogP contribution in [0.5, 0.6) is 5.75 Å². The molecule has 168 valence electrons. The Kier molecular flexibility index (Phi) is 4.75. The fourth-order valence-corrected chi connectivity index (χ4v) is 6.85. The number of hydrogen-bond acceptors (Lipinski definition) is 5. The standard InChI is InChI=1S/C25H29FN4O2/c1-32-20-8-3-7-19(13-20)29-15-17-12-22(30-10-4-9-25(17,30)24(29)31)21-14-27-28-23(21)16-5-2-6-18(26)11-16/h2-3,5-8,11,13,17,21-23,27-28H,4,9-10,12,14-15H2,1H3/t17-,21?,22-,23?,25-/m0/s1. The average Bonchev–Trinajstić information content (AvgIpc) is 3.56. The Morgan fingerprint density at radius 2 is 2.06 bits per heavy atom. The van der Waals surface area contributed by atoms with Gasteiger partial charge in [-0.15, -0.1) is 0 Å². The van der Waals surface area contributed by atoms with Crippen molar-refractivity contribution in [2.45, 2.75) is 36.9 Å². The lowest BCUT2D eigenvalue weighted by Gasteiger charge is -2.37. The van der Waals surface area contributed by atoms with Crippen LogP contribution in [0.2, 0.25) is 0 Å². The first-order valence-electron chi connectivity index (χ1n) is 11.6. The normalized spacial score (nSPS) is 34.2. The summed E-state index contributed by atoms with van der Waals surface area (Å²) in [7, 11) is 1.65. The quantitative estimate of drug-likeness (QED) is 0.772. The molecule has 0 bridgehead atoms. The molecule has 0 aromatic heterocycles. The first-order chi connectivity index (χ1) is 15.6. The van der Waals surface area contributed by atoms with E-state index in [1.54, 1.807) is 19.2 Å². The number of rotatable bonds is 4. The number of carbonyl (C=O) groups excluding carboxylic acids is 1. The number of amides is 1. The van der Waals surface area contributed by atoms with Gasteiger partial charge >= 0.3 is 0 Å². The SMILES string of the molecule is COc1cccc(N2C[C@@H]3C[C@@H](C4CNNC4c4cccc(F)c4)N4CCC[C@@]34C2=O)c1. The van der Waals surface area contributed by atoms with Gasteiger partial charge in [0, 0.05) is 42.7 Å². The van der Waals surface area contributed by atoms with Crippen molar-refractivity contribution in [1.82, 2.24) is 15.8 Å². The van der Waals surface area contributed by atoms with Crippen molar-refractivity contribution >= 4 is 11.6 Å². The second-order valence-electron chi connectivity index (χ2n) is 9.56. The number of nitrogens with one attached hydrogen (secondary N) is 2. The summed E-state index contributed by atoms with van der Waals surface area (Å²) in [5.41, 5.74) is 8.17. The van der Waals surface area contributed by atoms with Crippen LogP contribution >= 0.6 is 0 Å². The number of nitrogens with zero attached hydrogens (tertiary/aromatic N) is 2. The Morgan fingerprint density at radius 1 is 1.19 bits per heavy atom. The van der Waals surface area contributed by atoms with Crippen molar-refractivity contribution in [3.8, 4) is 5.75 Å². The lowest BCUT2D eigenvalue weighted by molar-refractivity contribution is -0.126. The van der Waals surface area contributed by atoms with Crippen molar-refractivity contribution in [2.75, 3.05) is 31.6 Å². The highest BCUT2D eigenvalue weighted by atomic mass is 19.1. The van der Waals surface area contributed by atoms with Gasteiger partial charge in [0.25, 0.3) is 0 Å². The molecule has 1 amide bonds. The van der Waals surface area contributed by atoms with Gasteiger partial charge < -0.3 is 9.64 Å². The third-order valence-electron chi connectivity index (χ3n) is 8.18. The van der Waals surface area contributed by atoms with E-state index in [2.05, 4.69) is 15.8 Å². The highest BCUT2D eigenvalue weighted by Gasteiger charge is 2.66. The summed E-state index contributed by atoms with van der Waals surface area (Å²) in [6, 6.07) is 15.0. The molecule has 4 fully saturated rings. The van der Waals surface area contributed by atoms with E-state index in [0.29, 0.717) is 12.0 Å². The van der Waals surface area contributed by atoms with Crippen LogP contribution in [0.25, 0.3) is 0 Å². The van der Waals surface area contributed by atoms with Gasteiger partial charge in [0.2, 0.25) is 5.91 Å². The van der Waals surface area contributed by atoms with Crippen LogP contribution in [0.15, 0.2) is 48.5 Å². The molecule has 2 unspecified atom stereocenters. The van der Waals surface area contributed by atoms with Gasteiger partial charge in [-0.1, -0.05) is 18.2 Å². The average molecular weight is 437 g/mol. The van der Waals surface area contributed by atoms with Crippen molar-refractivity contribution in [1.29, 1.82) is 0 Å². The summed E-state index contributed by atoms with van der Waals surface area (Å²) in [5.74, 6) is 1.39. The van der Waals surface area contributed by atoms with Crippen LogP contribution in [0, 0.1) is 17.7 Å². The van der Waals surface area contributed by atoms with Crippen LogP contribution in [-0.4, -0.2) is 49.1 Å². The highest BCUT2D eigenvalue weighted by Crippen LogP contribution is 2.54. The predicted molar refractivity (Wildman–Crippen MR) is 120 cm³/mol. The first-order valence-corrected chi connectivity index (χ1v) is 11.6. The molecule has 5 atom stereocenters. The number of hydrazine groups is 1. The number of ether oxygens (including phenoxy) is 1. The minimum atomic E-state index is -0.400. The molecule has 0 radical (unpaired) electrons. The minimum Gasteiger partial charge on any atom is -0.497 e. The van der Waals surface area contributed by atoms with Gasteiger partial charge in [0.1, 0.15) is 17.1 Å². The van der Waals surface area contributed by atoms with Gasteiger partial charge in [-0.2, -0.15) is 0 Å². The van der Waals surface area contributed by atoms with Crippen LogP contribution in [0.4, 0.5) is 10.1 Å². The monoisotopic (exact) mass is 436 g/mol. The summed E-state index contributed by atoms with van der Waals surface area (Å²) in [6.45, 7) is 2.52. The zero-order valence-electron chi connectivity index (χ0n) is 18.3. The molecule has 6 nitrogen and oxygen atoms in total. The maximum atomic E-state index is 13.9. The Balaban J connectivity index is 1.30. The minimum absolute atomic E-state index is 0.0387. The Bertz CT molecular complexity index is 1050. The van der Waals surface area contributed by atoms with Crippen LogP contribution in [0.3, 0.4) is 0 Å². The van der Waals surface area contributed by atoms with E-state index in [0.717, 1.165) is 55.9 Å². The van der Waals surface area contributed by atoms with E-state index in [1.807, 2.05) is 35.2 Å². The third-order valence-corrected chi connectivity index (χ3v) is 8.18. The van der Waals surface area contributed by atoms with Gasteiger partial charge in [-0.25, -0.2) is 9.82 Å².